The Morgan fingerprint density at radius 2 is 1.70 bits per heavy atom. The Labute approximate surface area is 85.2 Å². The predicted octanol–water partition coefficient (Wildman–Crippen LogP) is 2.22. The van der Waals surface area contributed by atoms with Gasteiger partial charge in [-0.1, -0.05) is 6.92 Å². The van der Waals surface area contributed by atoms with Gasteiger partial charge in [-0.2, -0.15) is 50.5 Å². The third kappa shape index (κ3) is 4.31. The van der Waals surface area contributed by atoms with Gasteiger partial charge in [-0.05, 0) is 12.2 Å². The zero-order valence-electron chi connectivity index (χ0n) is 5.94. The molecule has 0 aliphatic heterocycles. The SMILES string of the molecule is CC(S)C(S)C(S)CCS. The van der Waals surface area contributed by atoms with E-state index < -0.39 is 0 Å². The van der Waals surface area contributed by atoms with Crippen LogP contribution in [0.3, 0.4) is 0 Å². The van der Waals surface area contributed by atoms with Gasteiger partial charge in [0.2, 0.25) is 0 Å². The van der Waals surface area contributed by atoms with Gasteiger partial charge in [0, 0.05) is 15.7 Å². The molecule has 0 aromatic rings. The molecule has 0 heterocycles. The van der Waals surface area contributed by atoms with Gasteiger partial charge >= 0.3 is 0 Å². The van der Waals surface area contributed by atoms with Crippen molar-refractivity contribution in [3.05, 3.63) is 0 Å². The molecule has 0 saturated carbocycles. The molecule has 4 heteroatoms. The Morgan fingerprint density at radius 1 is 1.20 bits per heavy atom. The van der Waals surface area contributed by atoms with Crippen LogP contribution in [-0.4, -0.2) is 21.5 Å². The molecule has 3 unspecified atom stereocenters. The van der Waals surface area contributed by atoms with Gasteiger partial charge in [-0.25, -0.2) is 0 Å². The largest absolute Gasteiger partial charge is 0.179 e. The van der Waals surface area contributed by atoms with Crippen molar-refractivity contribution in [3.63, 3.8) is 0 Å². The van der Waals surface area contributed by atoms with Gasteiger partial charge in [-0.3, -0.25) is 0 Å². The molecule has 0 spiro atoms. The molecule has 3 atom stereocenters. The number of hydrogen-bond acceptors (Lipinski definition) is 4. The van der Waals surface area contributed by atoms with Crippen LogP contribution in [0.2, 0.25) is 0 Å². The average Bonchev–Trinajstić information content (AvgIpc) is 1.87. The highest BCUT2D eigenvalue weighted by Crippen LogP contribution is 2.19. The maximum absolute atomic E-state index is 4.37. The Balaban J connectivity index is 3.58. The molecule has 0 saturated heterocycles. The van der Waals surface area contributed by atoms with Gasteiger partial charge < -0.3 is 0 Å². The maximum atomic E-state index is 4.37. The zero-order valence-corrected chi connectivity index (χ0v) is 9.51. The summed E-state index contributed by atoms with van der Waals surface area (Å²) >= 11 is 17.1. The smallest absolute Gasteiger partial charge is 0.0247 e. The third-order valence-electron chi connectivity index (χ3n) is 1.31. The van der Waals surface area contributed by atoms with E-state index >= 15 is 0 Å². The lowest BCUT2D eigenvalue weighted by Gasteiger charge is -2.20. The summed E-state index contributed by atoms with van der Waals surface area (Å²) in [6, 6.07) is 0. The topological polar surface area (TPSA) is 0 Å². The van der Waals surface area contributed by atoms with Crippen LogP contribution in [0.15, 0.2) is 0 Å². The van der Waals surface area contributed by atoms with Gasteiger partial charge in [0.1, 0.15) is 0 Å². The van der Waals surface area contributed by atoms with Crippen LogP contribution in [0.5, 0.6) is 0 Å². The third-order valence-corrected chi connectivity index (χ3v) is 3.75. The summed E-state index contributed by atoms with van der Waals surface area (Å²) < 4.78 is 0. The summed E-state index contributed by atoms with van der Waals surface area (Å²) in [6.45, 7) is 2.03. The highest BCUT2D eigenvalue weighted by molar-refractivity contribution is 7.87. The molecule has 0 aromatic carbocycles. The first kappa shape index (κ1) is 11.4. The summed E-state index contributed by atoms with van der Waals surface area (Å²) in [6.07, 6.45) is 0.991. The second-order valence-electron chi connectivity index (χ2n) is 2.31. The molecule has 10 heavy (non-hydrogen) atoms. The lowest BCUT2D eigenvalue weighted by molar-refractivity contribution is 0.766. The van der Waals surface area contributed by atoms with E-state index in [0.717, 1.165) is 12.2 Å². The van der Waals surface area contributed by atoms with Crippen molar-refractivity contribution < 1.29 is 0 Å². The van der Waals surface area contributed by atoms with E-state index in [9.17, 15) is 0 Å². The number of rotatable bonds is 4. The predicted molar refractivity (Wildman–Crippen MR) is 62.5 cm³/mol. The van der Waals surface area contributed by atoms with Crippen molar-refractivity contribution in [2.24, 2.45) is 0 Å². The van der Waals surface area contributed by atoms with E-state index in [0.29, 0.717) is 10.5 Å². The summed E-state index contributed by atoms with van der Waals surface area (Å²) in [5, 5.41) is 0.873. The van der Waals surface area contributed by atoms with E-state index in [2.05, 4.69) is 50.5 Å². The van der Waals surface area contributed by atoms with Gasteiger partial charge in [0.15, 0.2) is 0 Å². The van der Waals surface area contributed by atoms with Crippen molar-refractivity contribution in [2.75, 3.05) is 5.75 Å². The van der Waals surface area contributed by atoms with Crippen LogP contribution >= 0.6 is 50.5 Å². The summed E-state index contributed by atoms with van der Waals surface area (Å²) in [7, 11) is 0. The molecule has 0 fully saturated rings. The fraction of sp³-hybridized carbons (Fsp3) is 1.00. The van der Waals surface area contributed by atoms with E-state index in [1.807, 2.05) is 6.92 Å². The second kappa shape index (κ2) is 5.98. The maximum Gasteiger partial charge on any atom is 0.0247 e. The summed E-state index contributed by atoms with van der Waals surface area (Å²) in [5.41, 5.74) is 0. The van der Waals surface area contributed by atoms with E-state index in [1.54, 1.807) is 0 Å². The Bertz CT molecular complexity index is 83.8. The first-order valence-corrected chi connectivity index (χ1v) is 5.42. The van der Waals surface area contributed by atoms with Crippen molar-refractivity contribution in [1.82, 2.24) is 0 Å². The molecule has 0 aromatic heterocycles. The lowest BCUT2D eigenvalue weighted by atomic mass is 10.2. The minimum atomic E-state index is 0.263. The molecular formula is C6H14S4. The van der Waals surface area contributed by atoms with E-state index in [-0.39, 0.29) is 5.25 Å². The van der Waals surface area contributed by atoms with Crippen molar-refractivity contribution in [1.29, 1.82) is 0 Å². The van der Waals surface area contributed by atoms with Crippen LogP contribution in [0.4, 0.5) is 0 Å². The van der Waals surface area contributed by atoms with Crippen LogP contribution in [0.1, 0.15) is 13.3 Å². The quantitative estimate of drug-likeness (QED) is 0.507. The molecule has 0 amide bonds. The lowest BCUT2D eigenvalue weighted by Crippen LogP contribution is -2.23. The monoisotopic (exact) mass is 214 g/mol. The van der Waals surface area contributed by atoms with Gasteiger partial charge in [-0.15, -0.1) is 0 Å². The van der Waals surface area contributed by atoms with Gasteiger partial charge in [0.25, 0.3) is 0 Å². The fourth-order valence-corrected chi connectivity index (χ4v) is 1.99. The average molecular weight is 214 g/mol. The van der Waals surface area contributed by atoms with Crippen LogP contribution < -0.4 is 0 Å². The highest BCUT2D eigenvalue weighted by atomic mass is 32.1. The number of thiol groups is 4. The second-order valence-corrected chi connectivity index (χ2v) is 4.83. The van der Waals surface area contributed by atoms with Crippen LogP contribution in [0, 0.1) is 0 Å². The Hall–Kier alpha value is 1.40. The first-order valence-electron chi connectivity index (χ1n) is 3.24. The van der Waals surface area contributed by atoms with Crippen LogP contribution in [-0.2, 0) is 0 Å². The van der Waals surface area contributed by atoms with Crippen molar-refractivity contribution >= 4 is 50.5 Å². The molecule has 0 N–H and O–H groups in total. The normalized spacial score (nSPS) is 20.1. The molecular weight excluding hydrogens is 200 g/mol. The van der Waals surface area contributed by atoms with Crippen molar-refractivity contribution in [3.8, 4) is 0 Å². The zero-order chi connectivity index (χ0) is 8.15. The molecule has 0 radical (unpaired) electrons. The summed E-state index contributed by atoms with van der Waals surface area (Å²) in [4.78, 5) is 0. The molecule has 0 rings (SSSR count). The fourth-order valence-electron chi connectivity index (χ4n) is 0.625. The molecule has 62 valence electrons. The summed E-state index contributed by atoms with van der Waals surface area (Å²) in [5.74, 6) is 0.867. The highest BCUT2D eigenvalue weighted by Gasteiger charge is 2.16. The van der Waals surface area contributed by atoms with E-state index in [1.165, 1.54) is 0 Å². The minimum Gasteiger partial charge on any atom is -0.179 e. The standard InChI is InChI=1S/C6H14S4/c1-4(8)6(10)5(9)2-3-7/h4-10H,2-3H2,1H3. The molecule has 0 aliphatic rings. The van der Waals surface area contributed by atoms with Crippen LogP contribution in [0.25, 0.3) is 0 Å². The molecule has 0 nitrogen and oxygen atoms in total. The minimum absolute atomic E-state index is 0.263. The van der Waals surface area contributed by atoms with Gasteiger partial charge in [0.05, 0.1) is 0 Å². The Morgan fingerprint density at radius 3 is 2.00 bits per heavy atom. The first-order chi connectivity index (χ1) is 4.59. The Kier molecular flexibility index (Phi) is 6.81. The number of hydrogen-bond donors (Lipinski definition) is 4. The van der Waals surface area contributed by atoms with E-state index in [4.69, 9.17) is 0 Å². The molecule has 0 bridgehead atoms. The van der Waals surface area contributed by atoms with Crippen molar-refractivity contribution in [2.45, 2.75) is 29.1 Å². The molecule has 0 aliphatic carbocycles.